The number of aromatic nitrogens is 2. The molecular weight excluding hydrogens is 186 g/mol. The van der Waals surface area contributed by atoms with Crippen molar-refractivity contribution in [1.82, 2.24) is 14.9 Å². The Morgan fingerprint density at radius 3 is 3.07 bits per heavy atom. The van der Waals surface area contributed by atoms with Gasteiger partial charge in [-0.15, -0.1) is 0 Å². The molecule has 0 atom stereocenters. The van der Waals surface area contributed by atoms with Crippen molar-refractivity contribution in [3.63, 3.8) is 0 Å². The van der Waals surface area contributed by atoms with Gasteiger partial charge in [0.1, 0.15) is 5.82 Å². The van der Waals surface area contributed by atoms with Crippen molar-refractivity contribution in [2.24, 2.45) is 0 Å². The van der Waals surface area contributed by atoms with E-state index < -0.39 is 0 Å². The number of nitrogens with one attached hydrogen (secondary N) is 1. The molecule has 0 saturated heterocycles. The minimum Gasteiger partial charge on any atom is -0.326 e. The minimum atomic E-state index is 0.896. The van der Waals surface area contributed by atoms with Crippen molar-refractivity contribution in [3.8, 4) is 0 Å². The fourth-order valence-electron chi connectivity index (χ4n) is 2.25. The van der Waals surface area contributed by atoms with E-state index in [1.165, 1.54) is 28.0 Å². The van der Waals surface area contributed by atoms with E-state index in [1.807, 2.05) is 0 Å². The Bertz CT molecular complexity index is 525. The fourth-order valence-corrected chi connectivity index (χ4v) is 2.25. The van der Waals surface area contributed by atoms with Crippen molar-refractivity contribution >= 4 is 11.0 Å². The highest BCUT2D eigenvalue weighted by Gasteiger charge is 2.15. The molecule has 0 amide bonds. The molecular formula is C12H15N3. The zero-order valence-corrected chi connectivity index (χ0v) is 9.17. The zero-order valence-electron chi connectivity index (χ0n) is 9.17. The molecule has 15 heavy (non-hydrogen) atoms. The van der Waals surface area contributed by atoms with E-state index in [4.69, 9.17) is 4.98 Å². The van der Waals surface area contributed by atoms with Crippen molar-refractivity contribution in [1.29, 1.82) is 0 Å². The molecule has 1 aromatic heterocycles. The molecule has 1 aliphatic heterocycles. The van der Waals surface area contributed by atoms with E-state index in [1.54, 1.807) is 0 Å². The lowest BCUT2D eigenvalue weighted by atomic mass is 10.1. The first kappa shape index (κ1) is 8.92. The first-order valence-corrected chi connectivity index (χ1v) is 5.43. The van der Waals surface area contributed by atoms with Gasteiger partial charge in [-0.3, -0.25) is 0 Å². The van der Waals surface area contributed by atoms with Crippen molar-refractivity contribution in [3.05, 3.63) is 29.1 Å². The second-order valence-electron chi connectivity index (χ2n) is 4.23. The molecule has 0 bridgehead atoms. The van der Waals surface area contributed by atoms with Crippen LogP contribution in [0.5, 0.6) is 0 Å². The Morgan fingerprint density at radius 1 is 1.33 bits per heavy atom. The van der Waals surface area contributed by atoms with Gasteiger partial charge in [0.05, 0.1) is 17.6 Å². The van der Waals surface area contributed by atoms with Crippen LogP contribution in [0.1, 0.15) is 17.0 Å². The van der Waals surface area contributed by atoms with Gasteiger partial charge < -0.3 is 9.88 Å². The molecule has 0 fully saturated rings. The molecule has 0 spiro atoms. The van der Waals surface area contributed by atoms with E-state index in [-0.39, 0.29) is 0 Å². The quantitative estimate of drug-likeness (QED) is 0.704. The van der Waals surface area contributed by atoms with Gasteiger partial charge in [0, 0.05) is 13.1 Å². The zero-order chi connectivity index (χ0) is 10.4. The highest BCUT2D eigenvalue weighted by Crippen LogP contribution is 2.23. The van der Waals surface area contributed by atoms with Crippen LogP contribution in [0.4, 0.5) is 0 Å². The van der Waals surface area contributed by atoms with Gasteiger partial charge in [0.15, 0.2) is 0 Å². The second kappa shape index (κ2) is 3.07. The third-order valence-corrected chi connectivity index (χ3v) is 3.32. The lowest BCUT2D eigenvalue weighted by molar-refractivity contribution is 0.514. The summed E-state index contributed by atoms with van der Waals surface area (Å²) in [7, 11) is 0. The Hall–Kier alpha value is -1.35. The van der Waals surface area contributed by atoms with Crippen LogP contribution in [0.15, 0.2) is 12.1 Å². The Labute approximate surface area is 89.1 Å². The van der Waals surface area contributed by atoms with Gasteiger partial charge in [0.25, 0.3) is 0 Å². The number of hydrogen-bond donors (Lipinski definition) is 1. The maximum Gasteiger partial charge on any atom is 0.123 e. The molecule has 1 aromatic carbocycles. The van der Waals surface area contributed by atoms with Crippen LogP contribution in [0.2, 0.25) is 0 Å². The molecule has 78 valence electrons. The average Bonchev–Trinajstić information content (AvgIpc) is 2.63. The lowest BCUT2D eigenvalue weighted by Gasteiger charge is -2.15. The maximum absolute atomic E-state index is 4.71. The number of rotatable bonds is 0. The van der Waals surface area contributed by atoms with Crippen molar-refractivity contribution in [2.75, 3.05) is 6.54 Å². The monoisotopic (exact) mass is 201 g/mol. The van der Waals surface area contributed by atoms with E-state index >= 15 is 0 Å². The van der Waals surface area contributed by atoms with Gasteiger partial charge in [0.2, 0.25) is 0 Å². The van der Waals surface area contributed by atoms with Crippen LogP contribution in [0.25, 0.3) is 11.0 Å². The molecule has 3 heteroatoms. The summed E-state index contributed by atoms with van der Waals surface area (Å²) in [6, 6.07) is 4.38. The normalized spacial score (nSPS) is 15.6. The molecule has 1 aliphatic rings. The van der Waals surface area contributed by atoms with Gasteiger partial charge in [-0.2, -0.15) is 0 Å². The highest BCUT2D eigenvalue weighted by molar-refractivity contribution is 5.80. The summed E-state index contributed by atoms with van der Waals surface area (Å²) in [5, 5.41) is 3.35. The molecule has 2 aromatic rings. The Kier molecular flexibility index (Phi) is 1.83. The van der Waals surface area contributed by atoms with E-state index in [0.29, 0.717) is 0 Å². The highest BCUT2D eigenvalue weighted by atomic mass is 15.2. The second-order valence-corrected chi connectivity index (χ2v) is 4.23. The molecule has 1 N–H and O–H groups in total. The summed E-state index contributed by atoms with van der Waals surface area (Å²) in [6.07, 6.45) is 0. The molecule has 3 nitrogen and oxygen atoms in total. The third kappa shape index (κ3) is 1.20. The maximum atomic E-state index is 4.71. The number of aryl methyl sites for hydroxylation is 2. The van der Waals surface area contributed by atoms with E-state index in [0.717, 1.165) is 19.6 Å². The topological polar surface area (TPSA) is 29.9 Å². The van der Waals surface area contributed by atoms with Gasteiger partial charge >= 0.3 is 0 Å². The summed E-state index contributed by atoms with van der Waals surface area (Å²) in [5.41, 5.74) is 5.10. The minimum absolute atomic E-state index is 0.896. The Balaban J connectivity index is 2.36. The number of fused-ring (bicyclic) bond motifs is 3. The number of benzene rings is 1. The molecule has 0 saturated carbocycles. The smallest absolute Gasteiger partial charge is 0.123 e. The predicted molar refractivity (Wildman–Crippen MR) is 60.9 cm³/mol. The summed E-state index contributed by atoms with van der Waals surface area (Å²) in [6.45, 7) is 7.28. The van der Waals surface area contributed by atoms with Gasteiger partial charge in [-0.25, -0.2) is 4.98 Å². The standard InChI is InChI=1S/C12H15N3/c1-8-3-4-10-12(9(8)2)14-11-7-13-5-6-15(10)11/h3-4,13H,5-7H2,1-2H3. The fraction of sp³-hybridized carbons (Fsp3) is 0.417. The van der Waals surface area contributed by atoms with E-state index in [2.05, 4.69) is 35.9 Å². The van der Waals surface area contributed by atoms with Gasteiger partial charge in [-0.1, -0.05) is 6.07 Å². The molecule has 0 aliphatic carbocycles. The summed E-state index contributed by atoms with van der Waals surface area (Å²) >= 11 is 0. The average molecular weight is 201 g/mol. The first-order chi connectivity index (χ1) is 7.27. The summed E-state index contributed by atoms with van der Waals surface area (Å²) in [4.78, 5) is 4.71. The molecule has 3 rings (SSSR count). The van der Waals surface area contributed by atoms with Crippen molar-refractivity contribution < 1.29 is 0 Å². The van der Waals surface area contributed by atoms with Crippen molar-refractivity contribution in [2.45, 2.75) is 26.9 Å². The predicted octanol–water partition coefficient (Wildman–Crippen LogP) is 1.76. The lowest BCUT2D eigenvalue weighted by Crippen LogP contribution is -2.28. The first-order valence-electron chi connectivity index (χ1n) is 5.43. The Morgan fingerprint density at radius 2 is 2.20 bits per heavy atom. The SMILES string of the molecule is Cc1ccc2c(nc3n2CCNC3)c1C. The van der Waals surface area contributed by atoms with Gasteiger partial charge in [-0.05, 0) is 31.0 Å². The van der Waals surface area contributed by atoms with E-state index in [9.17, 15) is 0 Å². The number of nitrogens with zero attached hydrogens (tertiary/aromatic N) is 2. The molecule has 0 radical (unpaired) electrons. The van der Waals surface area contributed by atoms with Crippen LogP contribution < -0.4 is 5.32 Å². The van der Waals surface area contributed by atoms with Crippen LogP contribution in [0, 0.1) is 13.8 Å². The largest absolute Gasteiger partial charge is 0.326 e. The molecule has 2 heterocycles. The number of hydrogen-bond acceptors (Lipinski definition) is 2. The van der Waals surface area contributed by atoms with Crippen LogP contribution in [-0.4, -0.2) is 16.1 Å². The van der Waals surface area contributed by atoms with Crippen LogP contribution in [0.3, 0.4) is 0 Å². The van der Waals surface area contributed by atoms with Crippen LogP contribution in [-0.2, 0) is 13.1 Å². The summed E-state index contributed by atoms with van der Waals surface area (Å²) < 4.78 is 2.33. The van der Waals surface area contributed by atoms with Crippen LogP contribution >= 0.6 is 0 Å². The molecule has 0 unspecified atom stereocenters. The summed E-state index contributed by atoms with van der Waals surface area (Å²) in [5.74, 6) is 1.17. The number of imidazole rings is 1. The third-order valence-electron chi connectivity index (χ3n) is 3.32.